The molecule has 0 aliphatic carbocycles. The highest BCUT2D eigenvalue weighted by Gasteiger charge is 2.34. The number of nitrogens with zero attached hydrogens (tertiary/aromatic N) is 1. The zero-order chi connectivity index (χ0) is 24.2. The first kappa shape index (κ1) is 25.0. The molecule has 0 atom stereocenters. The lowest BCUT2D eigenvalue weighted by atomic mass is 10.00. The van der Waals surface area contributed by atoms with Gasteiger partial charge in [0.2, 0.25) is 5.91 Å². The molecule has 0 saturated heterocycles. The van der Waals surface area contributed by atoms with Crippen molar-refractivity contribution < 1.29 is 37.0 Å². The van der Waals surface area contributed by atoms with Gasteiger partial charge in [-0.3, -0.25) is 4.79 Å². The van der Waals surface area contributed by atoms with Gasteiger partial charge in [-0.15, -0.1) is 0 Å². The summed E-state index contributed by atoms with van der Waals surface area (Å²) in [6.07, 6.45) is -4.33. The molecule has 7 nitrogen and oxygen atoms in total. The molecule has 2 rings (SSSR count). The maximum atomic E-state index is 13.0. The first-order valence-corrected chi connectivity index (χ1v) is 9.80. The summed E-state index contributed by atoms with van der Waals surface area (Å²) in [5.74, 6) is -2.24. The Hall–Kier alpha value is -3.30. The zero-order valence-electron chi connectivity index (χ0n) is 18.2. The van der Waals surface area contributed by atoms with E-state index in [1.165, 1.54) is 12.1 Å². The number of primary amides is 1. The van der Waals surface area contributed by atoms with Crippen molar-refractivity contribution in [2.24, 2.45) is 11.7 Å². The van der Waals surface area contributed by atoms with Crippen LogP contribution in [0.1, 0.15) is 52.2 Å². The normalized spacial score (nSPS) is 11.5. The van der Waals surface area contributed by atoms with Gasteiger partial charge >= 0.3 is 18.1 Å². The molecule has 0 spiro atoms. The van der Waals surface area contributed by atoms with Crippen LogP contribution >= 0.6 is 0 Å². The van der Waals surface area contributed by atoms with Crippen molar-refractivity contribution in [1.82, 2.24) is 4.57 Å². The van der Waals surface area contributed by atoms with E-state index >= 15 is 0 Å². The number of halogens is 3. The van der Waals surface area contributed by atoms with Crippen LogP contribution in [0.25, 0.3) is 11.3 Å². The van der Waals surface area contributed by atoms with E-state index in [1.54, 1.807) is 4.57 Å². The van der Waals surface area contributed by atoms with Gasteiger partial charge in [-0.1, -0.05) is 26.0 Å². The van der Waals surface area contributed by atoms with Crippen LogP contribution in [-0.4, -0.2) is 36.6 Å². The Morgan fingerprint density at radius 1 is 1.00 bits per heavy atom. The summed E-state index contributed by atoms with van der Waals surface area (Å²) in [6, 6.07) is 4.15. The van der Waals surface area contributed by atoms with Gasteiger partial charge in [-0.05, 0) is 30.0 Å². The molecular formula is C22H25F3N2O5. The minimum absolute atomic E-state index is 0.00866. The number of hydrogen-bond acceptors (Lipinski definition) is 5. The van der Waals surface area contributed by atoms with Crippen LogP contribution in [0.4, 0.5) is 13.2 Å². The average molecular weight is 454 g/mol. The van der Waals surface area contributed by atoms with Gasteiger partial charge in [0.05, 0.1) is 31.0 Å². The molecule has 0 radical (unpaired) electrons. The minimum Gasteiger partial charge on any atom is -0.465 e. The molecule has 1 aromatic heterocycles. The number of methoxy groups -OCH3 is 2. The van der Waals surface area contributed by atoms with Crippen molar-refractivity contribution in [2.45, 2.75) is 39.4 Å². The van der Waals surface area contributed by atoms with Crippen molar-refractivity contribution in [3.05, 3.63) is 46.6 Å². The number of amides is 1. The number of alkyl halides is 3. The molecule has 0 bridgehead atoms. The van der Waals surface area contributed by atoms with Crippen LogP contribution in [0, 0.1) is 5.92 Å². The van der Waals surface area contributed by atoms with Gasteiger partial charge in [0, 0.05) is 18.7 Å². The summed E-state index contributed by atoms with van der Waals surface area (Å²) in [6.45, 7) is 3.79. The highest BCUT2D eigenvalue weighted by Crippen LogP contribution is 2.37. The van der Waals surface area contributed by atoms with Crippen molar-refractivity contribution in [3.63, 3.8) is 0 Å². The summed E-state index contributed by atoms with van der Waals surface area (Å²) in [7, 11) is 2.28. The molecule has 1 heterocycles. The zero-order valence-corrected chi connectivity index (χ0v) is 18.2. The third-order valence-electron chi connectivity index (χ3n) is 4.82. The van der Waals surface area contributed by atoms with E-state index in [1.807, 2.05) is 13.8 Å². The Morgan fingerprint density at radius 2 is 1.53 bits per heavy atom. The molecular weight excluding hydrogens is 429 g/mol. The third kappa shape index (κ3) is 5.30. The minimum atomic E-state index is -4.54. The Labute approximate surface area is 183 Å². The number of benzene rings is 1. The summed E-state index contributed by atoms with van der Waals surface area (Å²) >= 11 is 0. The monoisotopic (exact) mass is 454 g/mol. The smallest absolute Gasteiger partial charge is 0.416 e. The van der Waals surface area contributed by atoms with Crippen molar-refractivity contribution in [3.8, 4) is 11.3 Å². The maximum absolute atomic E-state index is 13.0. The van der Waals surface area contributed by atoms with Crippen LogP contribution in [-0.2, 0) is 33.4 Å². The highest BCUT2D eigenvalue weighted by molar-refractivity contribution is 6.09. The molecule has 1 amide bonds. The van der Waals surface area contributed by atoms with E-state index in [-0.39, 0.29) is 41.3 Å². The first-order valence-electron chi connectivity index (χ1n) is 9.80. The fourth-order valence-corrected chi connectivity index (χ4v) is 3.48. The molecule has 174 valence electrons. The molecule has 2 aromatic rings. The predicted octanol–water partition coefficient (Wildman–Crippen LogP) is 3.82. The number of esters is 2. The predicted molar refractivity (Wildman–Crippen MR) is 110 cm³/mol. The average Bonchev–Trinajstić information content (AvgIpc) is 3.03. The maximum Gasteiger partial charge on any atom is 0.416 e. The van der Waals surface area contributed by atoms with E-state index < -0.39 is 29.6 Å². The van der Waals surface area contributed by atoms with Gasteiger partial charge in [0.15, 0.2) is 0 Å². The van der Waals surface area contributed by atoms with Crippen LogP contribution in [0.15, 0.2) is 24.3 Å². The number of nitrogens with two attached hydrogens (primary N) is 1. The van der Waals surface area contributed by atoms with Gasteiger partial charge in [0.25, 0.3) is 0 Å². The highest BCUT2D eigenvalue weighted by atomic mass is 19.4. The second kappa shape index (κ2) is 9.88. The third-order valence-corrected chi connectivity index (χ3v) is 4.82. The Morgan fingerprint density at radius 3 is 1.97 bits per heavy atom. The molecule has 10 heteroatoms. The van der Waals surface area contributed by atoms with Crippen LogP contribution in [0.2, 0.25) is 0 Å². The van der Waals surface area contributed by atoms with Gasteiger partial charge in [-0.25, -0.2) is 9.59 Å². The van der Waals surface area contributed by atoms with Crippen LogP contribution in [0.5, 0.6) is 0 Å². The number of aromatic nitrogens is 1. The van der Waals surface area contributed by atoms with E-state index in [9.17, 15) is 27.6 Å². The lowest BCUT2D eigenvalue weighted by molar-refractivity contribution is -0.137. The molecule has 0 unspecified atom stereocenters. The number of carbonyl (C=O) groups excluding carboxylic acids is 3. The lowest BCUT2D eigenvalue weighted by Crippen LogP contribution is -2.17. The van der Waals surface area contributed by atoms with E-state index in [2.05, 4.69) is 0 Å². The molecule has 0 aliphatic rings. The standard InChI is InChI=1S/C22H25F3N2O5/c1-12(2)11-15-17(20(29)31-3)18(21(30)32-4)19(27(15)10-9-16(26)28)13-5-7-14(8-6-13)22(23,24)25/h5-8,12H,9-11H2,1-4H3,(H2,26,28). The molecule has 1 aromatic carbocycles. The summed E-state index contributed by atoms with van der Waals surface area (Å²) < 4.78 is 50.5. The fraction of sp³-hybridized carbons (Fsp3) is 0.409. The number of hydrogen-bond donors (Lipinski definition) is 1. The van der Waals surface area contributed by atoms with Crippen molar-refractivity contribution in [2.75, 3.05) is 14.2 Å². The second-order valence-electron chi connectivity index (χ2n) is 7.57. The quantitative estimate of drug-likeness (QED) is 0.611. The van der Waals surface area contributed by atoms with Crippen LogP contribution < -0.4 is 5.73 Å². The Balaban J connectivity index is 2.91. The molecule has 0 fully saturated rings. The Bertz CT molecular complexity index is 1010. The molecule has 32 heavy (non-hydrogen) atoms. The van der Waals surface area contributed by atoms with Crippen molar-refractivity contribution in [1.29, 1.82) is 0 Å². The Kier molecular flexibility index (Phi) is 7.71. The SMILES string of the molecule is COC(=O)c1c(C(=O)OC)c(-c2ccc(C(F)(F)F)cc2)n(CCC(N)=O)c1CC(C)C. The van der Waals surface area contributed by atoms with E-state index in [4.69, 9.17) is 15.2 Å². The van der Waals surface area contributed by atoms with Crippen LogP contribution in [0.3, 0.4) is 0 Å². The largest absolute Gasteiger partial charge is 0.465 e. The summed E-state index contributed by atoms with van der Waals surface area (Å²) in [5, 5.41) is 0. The number of ether oxygens (including phenoxy) is 2. The molecule has 2 N–H and O–H groups in total. The van der Waals surface area contributed by atoms with Gasteiger partial charge in [-0.2, -0.15) is 13.2 Å². The van der Waals surface area contributed by atoms with E-state index in [0.29, 0.717) is 12.1 Å². The summed E-state index contributed by atoms with van der Waals surface area (Å²) in [4.78, 5) is 36.9. The molecule has 0 aliphatic heterocycles. The van der Waals surface area contributed by atoms with E-state index in [0.717, 1.165) is 26.4 Å². The molecule has 0 saturated carbocycles. The lowest BCUT2D eigenvalue weighted by Gasteiger charge is -2.16. The van der Waals surface area contributed by atoms with Crippen molar-refractivity contribution >= 4 is 17.8 Å². The fourth-order valence-electron chi connectivity index (χ4n) is 3.48. The van der Waals surface area contributed by atoms with Gasteiger partial charge in [0.1, 0.15) is 5.56 Å². The first-order chi connectivity index (χ1) is 14.9. The second-order valence-corrected chi connectivity index (χ2v) is 7.57. The van der Waals surface area contributed by atoms with Gasteiger partial charge < -0.3 is 19.8 Å². The summed E-state index contributed by atoms with van der Waals surface area (Å²) in [5.41, 5.74) is 5.05. The topological polar surface area (TPSA) is 101 Å². The number of carbonyl (C=O) groups is 3. The number of rotatable bonds is 8.